The third-order valence-corrected chi connectivity index (χ3v) is 4.92. The molecule has 2 rings (SSSR count). The number of benzene rings is 1. The van der Waals surface area contributed by atoms with Crippen LogP contribution in [0, 0.1) is 17.2 Å². The predicted molar refractivity (Wildman–Crippen MR) is 76.5 cm³/mol. The van der Waals surface area contributed by atoms with E-state index in [-0.39, 0.29) is 0 Å². The summed E-state index contributed by atoms with van der Waals surface area (Å²) < 4.78 is 17.4. The minimum Gasteiger partial charge on any atom is -0.493 e. The zero-order chi connectivity index (χ0) is 13.5. The van der Waals surface area contributed by atoms with Crippen molar-refractivity contribution in [3.8, 4) is 11.8 Å². The minimum atomic E-state index is -0.767. The van der Waals surface area contributed by atoms with Gasteiger partial charge in [-0.3, -0.25) is 4.21 Å². The van der Waals surface area contributed by atoms with E-state index in [1.54, 1.807) is 24.3 Å². The molecule has 1 unspecified atom stereocenters. The fraction of sp³-hybridized carbons (Fsp3) is 0.533. The Kier molecular flexibility index (Phi) is 5.41. The molecule has 3 nitrogen and oxygen atoms in total. The first kappa shape index (κ1) is 14.1. The van der Waals surface area contributed by atoms with Crippen molar-refractivity contribution in [1.29, 1.82) is 5.26 Å². The van der Waals surface area contributed by atoms with Crippen LogP contribution in [0.3, 0.4) is 0 Å². The topological polar surface area (TPSA) is 50.1 Å². The van der Waals surface area contributed by atoms with Gasteiger partial charge in [0, 0.05) is 16.6 Å². The molecule has 0 aromatic heterocycles. The van der Waals surface area contributed by atoms with Crippen LogP contribution >= 0.6 is 0 Å². The first-order chi connectivity index (χ1) is 9.28. The third-order valence-electron chi connectivity index (χ3n) is 3.46. The minimum absolute atomic E-state index is 0.477. The highest BCUT2D eigenvalue weighted by atomic mass is 32.2. The zero-order valence-electron chi connectivity index (χ0n) is 11.0. The van der Waals surface area contributed by atoms with Crippen LogP contribution in [0.15, 0.2) is 24.3 Å². The summed E-state index contributed by atoms with van der Waals surface area (Å²) in [5, 5.41) is 8.68. The number of hydrogen-bond donors (Lipinski definition) is 0. The van der Waals surface area contributed by atoms with Gasteiger partial charge < -0.3 is 4.74 Å². The summed E-state index contributed by atoms with van der Waals surface area (Å²) in [7, 11) is -0.767. The van der Waals surface area contributed by atoms with Gasteiger partial charge in [0.05, 0.1) is 24.0 Å². The molecule has 1 aromatic rings. The standard InChI is InChI=1S/C15H19NO2S/c16-11-13-5-7-15(8-6-13)18-9-10-19(17)12-14-3-1-2-4-14/h5-8,14H,1-4,9-10,12H2. The van der Waals surface area contributed by atoms with E-state index in [4.69, 9.17) is 10.00 Å². The Hall–Kier alpha value is -1.34. The third kappa shape index (κ3) is 4.68. The van der Waals surface area contributed by atoms with E-state index < -0.39 is 10.8 Å². The average molecular weight is 277 g/mol. The largest absolute Gasteiger partial charge is 0.493 e. The molecular weight excluding hydrogens is 258 g/mol. The van der Waals surface area contributed by atoms with Gasteiger partial charge in [-0.2, -0.15) is 5.26 Å². The van der Waals surface area contributed by atoms with Gasteiger partial charge >= 0.3 is 0 Å². The molecule has 1 saturated carbocycles. The van der Waals surface area contributed by atoms with Crippen LogP contribution in [0.5, 0.6) is 5.75 Å². The lowest BCUT2D eigenvalue weighted by atomic mass is 10.1. The molecule has 0 spiro atoms. The zero-order valence-corrected chi connectivity index (χ0v) is 11.8. The lowest BCUT2D eigenvalue weighted by Crippen LogP contribution is -2.15. The van der Waals surface area contributed by atoms with E-state index >= 15 is 0 Å². The maximum atomic E-state index is 11.9. The van der Waals surface area contributed by atoms with Crippen molar-refractivity contribution in [2.75, 3.05) is 18.1 Å². The monoisotopic (exact) mass is 277 g/mol. The van der Waals surface area contributed by atoms with Gasteiger partial charge in [0.1, 0.15) is 5.75 Å². The summed E-state index contributed by atoms with van der Waals surface area (Å²) >= 11 is 0. The molecule has 19 heavy (non-hydrogen) atoms. The summed E-state index contributed by atoms with van der Waals surface area (Å²) in [5.74, 6) is 2.82. The normalized spacial score (nSPS) is 17.0. The second kappa shape index (κ2) is 7.30. The molecule has 0 bridgehead atoms. The van der Waals surface area contributed by atoms with Crippen molar-refractivity contribution >= 4 is 10.8 Å². The van der Waals surface area contributed by atoms with E-state index in [9.17, 15) is 4.21 Å². The molecule has 0 heterocycles. The van der Waals surface area contributed by atoms with Crippen LogP contribution in [0.1, 0.15) is 31.2 Å². The molecule has 4 heteroatoms. The highest BCUT2D eigenvalue weighted by Crippen LogP contribution is 2.25. The molecule has 1 aliphatic carbocycles. The van der Waals surface area contributed by atoms with Gasteiger partial charge in [-0.25, -0.2) is 0 Å². The molecule has 0 N–H and O–H groups in total. The van der Waals surface area contributed by atoms with Crippen LogP contribution < -0.4 is 4.74 Å². The highest BCUT2D eigenvalue weighted by Gasteiger charge is 2.17. The Morgan fingerprint density at radius 3 is 2.58 bits per heavy atom. The Morgan fingerprint density at radius 1 is 1.26 bits per heavy atom. The van der Waals surface area contributed by atoms with Crippen LogP contribution in [-0.4, -0.2) is 22.3 Å². The number of rotatable bonds is 6. The van der Waals surface area contributed by atoms with E-state index in [1.165, 1.54) is 25.7 Å². The second-order valence-corrected chi connectivity index (χ2v) is 6.57. The molecule has 0 aliphatic heterocycles. The number of hydrogen-bond acceptors (Lipinski definition) is 3. The second-order valence-electron chi connectivity index (χ2n) is 4.95. The molecule has 1 aliphatic rings. The van der Waals surface area contributed by atoms with Crippen LogP contribution in [0.4, 0.5) is 0 Å². The number of nitrogens with zero attached hydrogens (tertiary/aromatic N) is 1. The number of nitriles is 1. The maximum Gasteiger partial charge on any atom is 0.119 e. The van der Waals surface area contributed by atoms with Crippen molar-refractivity contribution in [3.63, 3.8) is 0 Å². The predicted octanol–water partition coefficient (Wildman–Crippen LogP) is 2.88. The van der Waals surface area contributed by atoms with Gasteiger partial charge in [0.2, 0.25) is 0 Å². The fourth-order valence-electron chi connectivity index (χ4n) is 2.40. The Labute approximate surface area is 117 Å². The molecular formula is C15H19NO2S. The van der Waals surface area contributed by atoms with Crippen molar-refractivity contribution in [1.82, 2.24) is 0 Å². The molecule has 1 fully saturated rings. The van der Waals surface area contributed by atoms with Gasteiger partial charge in [0.25, 0.3) is 0 Å². The van der Waals surface area contributed by atoms with Crippen molar-refractivity contribution < 1.29 is 8.95 Å². The van der Waals surface area contributed by atoms with Crippen LogP contribution in [-0.2, 0) is 10.8 Å². The highest BCUT2D eigenvalue weighted by molar-refractivity contribution is 7.85. The summed E-state index contributed by atoms with van der Waals surface area (Å²) in [6.07, 6.45) is 5.07. The quantitative estimate of drug-likeness (QED) is 0.803. The first-order valence-corrected chi connectivity index (χ1v) is 8.24. The van der Waals surface area contributed by atoms with Gasteiger partial charge in [-0.05, 0) is 43.0 Å². The van der Waals surface area contributed by atoms with Crippen LogP contribution in [0.2, 0.25) is 0 Å². The molecule has 0 amide bonds. The molecule has 0 radical (unpaired) electrons. The summed E-state index contributed by atoms with van der Waals surface area (Å²) in [6, 6.07) is 9.07. The molecule has 1 atom stereocenters. The summed E-state index contributed by atoms with van der Waals surface area (Å²) in [6.45, 7) is 0.477. The van der Waals surface area contributed by atoms with Crippen molar-refractivity contribution in [2.24, 2.45) is 5.92 Å². The van der Waals surface area contributed by atoms with Gasteiger partial charge in [-0.1, -0.05) is 12.8 Å². The lowest BCUT2D eigenvalue weighted by molar-refractivity contribution is 0.342. The first-order valence-electron chi connectivity index (χ1n) is 6.76. The lowest BCUT2D eigenvalue weighted by Gasteiger charge is -2.09. The molecule has 102 valence electrons. The fourth-order valence-corrected chi connectivity index (χ4v) is 3.70. The Bertz CT molecular complexity index is 458. The summed E-state index contributed by atoms with van der Waals surface area (Å²) in [5.41, 5.74) is 0.622. The van der Waals surface area contributed by atoms with Crippen molar-refractivity contribution in [2.45, 2.75) is 25.7 Å². The van der Waals surface area contributed by atoms with E-state index in [1.807, 2.05) is 0 Å². The molecule has 1 aromatic carbocycles. The summed E-state index contributed by atoms with van der Waals surface area (Å²) in [4.78, 5) is 0. The number of ether oxygens (including phenoxy) is 1. The molecule has 0 saturated heterocycles. The van der Waals surface area contributed by atoms with Crippen LogP contribution in [0.25, 0.3) is 0 Å². The van der Waals surface area contributed by atoms with Gasteiger partial charge in [-0.15, -0.1) is 0 Å². The van der Waals surface area contributed by atoms with E-state index in [2.05, 4.69) is 6.07 Å². The SMILES string of the molecule is N#Cc1ccc(OCCS(=O)CC2CCCC2)cc1. The average Bonchev–Trinajstić information content (AvgIpc) is 2.92. The van der Waals surface area contributed by atoms with E-state index in [0.29, 0.717) is 23.8 Å². The Morgan fingerprint density at radius 2 is 1.95 bits per heavy atom. The maximum absolute atomic E-state index is 11.9. The van der Waals surface area contributed by atoms with Crippen molar-refractivity contribution in [3.05, 3.63) is 29.8 Å². The smallest absolute Gasteiger partial charge is 0.119 e. The van der Waals surface area contributed by atoms with E-state index in [0.717, 1.165) is 11.5 Å². The van der Waals surface area contributed by atoms with Gasteiger partial charge in [0.15, 0.2) is 0 Å². The Balaban J connectivity index is 1.67.